The summed E-state index contributed by atoms with van der Waals surface area (Å²) in [5.74, 6) is 0. The molecule has 8 heteroatoms. The maximum Gasteiger partial charge on any atom is 0.167 e. The monoisotopic (exact) mass is 459 g/mol. The number of nitrogens with zero attached hydrogens (tertiary/aromatic N) is 1. The minimum absolute atomic E-state index is 0.284. The van der Waals surface area contributed by atoms with Crippen LogP contribution in [0.2, 0.25) is 0 Å². The standard InChI is InChI=1S/C24H29NO6S/c1-3-13-4-6-14(7-5-13)8-18-17-10-16(15(12-30-2)9-19(17)31-25-18)24-23(29)22(28)21(27)20(11-26)32-24/h4-7,9-10,20-24,26-29H,3,8,11-12H2,1-2H3/t20-,21-,22+,23-,24?/m1/s1. The van der Waals surface area contributed by atoms with Crippen molar-refractivity contribution in [2.75, 3.05) is 13.7 Å². The molecule has 1 unspecified atom stereocenters. The van der Waals surface area contributed by atoms with Crippen molar-refractivity contribution < 1.29 is 29.7 Å². The van der Waals surface area contributed by atoms with Crippen molar-refractivity contribution in [2.45, 2.75) is 55.2 Å². The van der Waals surface area contributed by atoms with Crippen LogP contribution < -0.4 is 0 Å². The van der Waals surface area contributed by atoms with Gasteiger partial charge in [-0.25, -0.2) is 0 Å². The van der Waals surface area contributed by atoms with E-state index < -0.39 is 28.8 Å². The Balaban J connectivity index is 1.73. The summed E-state index contributed by atoms with van der Waals surface area (Å²) in [6.07, 6.45) is -2.18. The molecule has 3 aromatic rings. The van der Waals surface area contributed by atoms with E-state index in [1.54, 1.807) is 7.11 Å². The van der Waals surface area contributed by atoms with Crippen LogP contribution in [-0.2, 0) is 24.2 Å². The number of rotatable bonds is 7. The Morgan fingerprint density at radius 3 is 2.41 bits per heavy atom. The molecule has 0 radical (unpaired) electrons. The number of aryl methyl sites for hydroxylation is 1. The van der Waals surface area contributed by atoms with E-state index in [2.05, 4.69) is 36.3 Å². The van der Waals surface area contributed by atoms with Gasteiger partial charge in [0.25, 0.3) is 0 Å². The van der Waals surface area contributed by atoms with E-state index in [1.165, 1.54) is 17.3 Å². The van der Waals surface area contributed by atoms with Crippen molar-refractivity contribution in [3.8, 4) is 0 Å². The maximum absolute atomic E-state index is 10.8. The van der Waals surface area contributed by atoms with E-state index in [0.717, 1.165) is 34.2 Å². The quantitative estimate of drug-likeness (QED) is 0.426. The van der Waals surface area contributed by atoms with E-state index in [-0.39, 0.29) is 13.2 Å². The van der Waals surface area contributed by atoms with Crippen LogP contribution >= 0.6 is 11.8 Å². The lowest BCUT2D eigenvalue weighted by Gasteiger charge is -2.40. The normalized spacial score (nSPS) is 26.0. The Labute approximate surface area is 191 Å². The molecule has 0 aliphatic carbocycles. The van der Waals surface area contributed by atoms with Crippen LogP contribution in [0.4, 0.5) is 0 Å². The molecule has 0 amide bonds. The number of aromatic nitrogens is 1. The predicted molar refractivity (Wildman–Crippen MR) is 123 cm³/mol. The van der Waals surface area contributed by atoms with E-state index in [9.17, 15) is 20.4 Å². The molecular weight excluding hydrogens is 430 g/mol. The van der Waals surface area contributed by atoms with E-state index in [4.69, 9.17) is 9.26 Å². The molecule has 0 bridgehead atoms. The molecular formula is C24H29NO6S. The molecule has 1 saturated heterocycles. The van der Waals surface area contributed by atoms with Gasteiger partial charge in [0.15, 0.2) is 5.58 Å². The summed E-state index contributed by atoms with van der Waals surface area (Å²) in [6.45, 7) is 2.10. The number of aliphatic hydroxyl groups excluding tert-OH is 4. The molecule has 1 aliphatic rings. The first-order chi connectivity index (χ1) is 15.5. The number of benzene rings is 2. The van der Waals surface area contributed by atoms with Gasteiger partial charge in [-0.15, -0.1) is 11.8 Å². The zero-order valence-electron chi connectivity index (χ0n) is 18.1. The van der Waals surface area contributed by atoms with Crippen molar-refractivity contribution in [1.82, 2.24) is 5.16 Å². The van der Waals surface area contributed by atoms with Crippen LogP contribution in [0.25, 0.3) is 11.0 Å². The fourth-order valence-corrected chi connectivity index (χ4v) is 5.68. The lowest BCUT2D eigenvalue weighted by atomic mass is 9.93. The highest BCUT2D eigenvalue weighted by atomic mass is 32.2. The molecule has 1 aromatic heterocycles. The van der Waals surface area contributed by atoms with Crippen LogP contribution in [-0.4, -0.2) is 62.9 Å². The number of hydrogen-bond acceptors (Lipinski definition) is 8. The van der Waals surface area contributed by atoms with Crippen LogP contribution in [0.15, 0.2) is 40.9 Å². The SMILES string of the molecule is CCc1ccc(Cc2noc3cc(COC)c(C4S[C@H](CO)[C@@H](O)[C@H](O)[C@H]4O)cc23)cc1. The largest absolute Gasteiger partial charge is 0.395 e. The van der Waals surface area contributed by atoms with Gasteiger partial charge < -0.3 is 29.7 Å². The summed E-state index contributed by atoms with van der Waals surface area (Å²) in [5, 5.41) is 44.9. The zero-order chi connectivity index (χ0) is 22.8. The molecule has 0 spiro atoms. The van der Waals surface area contributed by atoms with Gasteiger partial charge in [0.1, 0.15) is 6.10 Å². The van der Waals surface area contributed by atoms with Gasteiger partial charge >= 0.3 is 0 Å². The third kappa shape index (κ3) is 4.44. The zero-order valence-corrected chi connectivity index (χ0v) is 19.0. The molecule has 2 heterocycles. The summed E-state index contributed by atoms with van der Waals surface area (Å²) in [5.41, 5.74) is 5.36. The third-order valence-electron chi connectivity index (χ3n) is 6.11. The van der Waals surface area contributed by atoms with Crippen molar-refractivity contribution in [3.63, 3.8) is 0 Å². The Hall–Kier alpha value is -1.94. The molecule has 1 aliphatic heterocycles. The van der Waals surface area contributed by atoms with Crippen LogP contribution in [0.5, 0.6) is 0 Å². The average Bonchev–Trinajstić information content (AvgIpc) is 3.19. The number of thioether (sulfide) groups is 1. The van der Waals surface area contributed by atoms with Crippen molar-refractivity contribution in [3.05, 3.63) is 64.3 Å². The Morgan fingerprint density at radius 1 is 1.03 bits per heavy atom. The molecule has 32 heavy (non-hydrogen) atoms. The molecule has 0 saturated carbocycles. The average molecular weight is 460 g/mol. The first-order valence-corrected chi connectivity index (χ1v) is 11.7. The lowest BCUT2D eigenvalue weighted by Crippen LogP contribution is -2.51. The fraction of sp³-hybridized carbons (Fsp3) is 0.458. The summed E-state index contributed by atoms with van der Waals surface area (Å²) >= 11 is 1.25. The molecule has 172 valence electrons. The number of aliphatic hydroxyl groups is 4. The molecule has 7 nitrogen and oxygen atoms in total. The highest BCUT2D eigenvalue weighted by Gasteiger charge is 2.44. The number of hydrogen-bond donors (Lipinski definition) is 4. The second kappa shape index (κ2) is 9.91. The van der Waals surface area contributed by atoms with Gasteiger partial charge in [0, 0.05) is 18.9 Å². The second-order valence-electron chi connectivity index (χ2n) is 8.21. The summed E-state index contributed by atoms with van der Waals surface area (Å²) < 4.78 is 11.0. The third-order valence-corrected chi connectivity index (χ3v) is 7.71. The van der Waals surface area contributed by atoms with Gasteiger partial charge in [0.05, 0.1) is 41.6 Å². The maximum atomic E-state index is 10.8. The predicted octanol–water partition coefficient (Wildman–Crippen LogP) is 2.36. The van der Waals surface area contributed by atoms with Crippen LogP contribution in [0.1, 0.15) is 40.1 Å². The Bertz CT molecular complexity index is 1050. The minimum atomic E-state index is -1.36. The number of ether oxygens (including phenoxy) is 1. The molecule has 4 rings (SSSR count). The topological polar surface area (TPSA) is 116 Å². The van der Waals surface area contributed by atoms with Crippen molar-refractivity contribution in [2.24, 2.45) is 0 Å². The molecule has 2 aromatic carbocycles. The van der Waals surface area contributed by atoms with Gasteiger partial charge in [-0.3, -0.25) is 0 Å². The molecule has 5 atom stereocenters. The van der Waals surface area contributed by atoms with E-state index in [1.807, 2.05) is 12.1 Å². The number of fused-ring (bicyclic) bond motifs is 1. The van der Waals surface area contributed by atoms with E-state index >= 15 is 0 Å². The van der Waals surface area contributed by atoms with Gasteiger partial charge in [-0.05, 0) is 40.8 Å². The van der Waals surface area contributed by atoms with Gasteiger partial charge in [-0.1, -0.05) is 36.3 Å². The molecule has 1 fully saturated rings. The van der Waals surface area contributed by atoms with Gasteiger partial charge in [-0.2, -0.15) is 0 Å². The highest BCUT2D eigenvalue weighted by Crippen LogP contribution is 2.45. The molecule has 4 N–H and O–H groups in total. The first kappa shape index (κ1) is 23.2. The highest BCUT2D eigenvalue weighted by molar-refractivity contribution is 8.00. The van der Waals surface area contributed by atoms with Crippen molar-refractivity contribution >= 4 is 22.7 Å². The Kier molecular flexibility index (Phi) is 7.19. The van der Waals surface area contributed by atoms with Crippen LogP contribution in [0.3, 0.4) is 0 Å². The van der Waals surface area contributed by atoms with E-state index in [0.29, 0.717) is 12.0 Å². The summed E-state index contributed by atoms with van der Waals surface area (Å²) in [7, 11) is 1.58. The minimum Gasteiger partial charge on any atom is -0.395 e. The fourth-order valence-electron chi connectivity index (χ4n) is 4.21. The van der Waals surface area contributed by atoms with Gasteiger partial charge in [0.2, 0.25) is 0 Å². The first-order valence-electron chi connectivity index (χ1n) is 10.7. The summed E-state index contributed by atoms with van der Waals surface area (Å²) in [6, 6.07) is 12.2. The van der Waals surface area contributed by atoms with Crippen molar-refractivity contribution in [1.29, 1.82) is 0 Å². The smallest absolute Gasteiger partial charge is 0.167 e. The second-order valence-corrected chi connectivity index (χ2v) is 9.59. The Morgan fingerprint density at radius 2 is 1.75 bits per heavy atom. The van der Waals surface area contributed by atoms with Crippen LogP contribution in [0, 0.1) is 0 Å². The number of methoxy groups -OCH3 is 1. The lowest BCUT2D eigenvalue weighted by molar-refractivity contribution is -0.0701. The summed E-state index contributed by atoms with van der Waals surface area (Å²) in [4.78, 5) is 0.